The van der Waals surface area contributed by atoms with Gasteiger partial charge in [-0.1, -0.05) is 25.2 Å². The number of ether oxygens (including phenoxy) is 1. The van der Waals surface area contributed by atoms with Crippen LogP contribution in [0.3, 0.4) is 0 Å². The third kappa shape index (κ3) is 4.41. The highest BCUT2D eigenvalue weighted by Crippen LogP contribution is 2.35. The van der Waals surface area contributed by atoms with Gasteiger partial charge in [-0.3, -0.25) is 4.90 Å². The third-order valence-electron chi connectivity index (χ3n) is 4.77. The fraction of sp³-hybridized carbons (Fsp3) is 0.579. The molecule has 3 heterocycles. The van der Waals surface area contributed by atoms with Crippen molar-refractivity contribution in [3.05, 3.63) is 29.8 Å². The molecule has 3 aliphatic heterocycles. The molecule has 0 aliphatic carbocycles. The van der Waals surface area contributed by atoms with E-state index in [1.807, 2.05) is 24.3 Å². The van der Waals surface area contributed by atoms with Gasteiger partial charge in [-0.15, -0.1) is 12.4 Å². The van der Waals surface area contributed by atoms with E-state index in [0.29, 0.717) is 12.5 Å². The molecular formula is C19H26ClNO2. The number of aliphatic hydroxyl groups is 1. The molecule has 126 valence electrons. The van der Waals surface area contributed by atoms with Crippen molar-refractivity contribution in [3.63, 3.8) is 0 Å². The van der Waals surface area contributed by atoms with Crippen molar-refractivity contribution in [2.75, 3.05) is 26.2 Å². The average molecular weight is 336 g/mol. The smallest absolute Gasteiger partial charge is 0.141 e. The van der Waals surface area contributed by atoms with Crippen LogP contribution < -0.4 is 4.74 Å². The van der Waals surface area contributed by atoms with E-state index in [-0.39, 0.29) is 12.4 Å². The van der Waals surface area contributed by atoms with E-state index in [1.165, 1.54) is 0 Å². The van der Waals surface area contributed by atoms with Crippen LogP contribution in [0.1, 0.15) is 38.2 Å². The Hall–Kier alpha value is -1.21. The van der Waals surface area contributed by atoms with E-state index in [2.05, 4.69) is 23.7 Å². The maximum atomic E-state index is 10.8. The Morgan fingerprint density at radius 2 is 1.96 bits per heavy atom. The van der Waals surface area contributed by atoms with Crippen LogP contribution in [0.15, 0.2) is 24.3 Å². The number of hydrogen-bond acceptors (Lipinski definition) is 3. The molecule has 0 amide bonds. The van der Waals surface area contributed by atoms with Gasteiger partial charge >= 0.3 is 0 Å². The van der Waals surface area contributed by atoms with Gasteiger partial charge in [0, 0.05) is 18.0 Å². The monoisotopic (exact) mass is 335 g/mol. The number of nitrogens with zero attached hydrogens (tertiary/aromatic N) is 1. The summed E-state index contributed by atoms with van der Waals surface area (Å²) in [4.78, 5) is 2.32. The molecule has 3 aliphatic rings. The number of unbranched alkanes of at least 4 members (excludes halogenated alkanes) is 1. The van der Waals surface area contributed by atoms with Crippen LogP contribution in [0.5, 0.6) is 5.75 Å². The standard InChI is InChI=1S/C19H25NO2.ClH/c1-2-3-14-22-18-6-4-16(5-7-18)8-11-19(21)15-20-12-9-17(19)10-13-20;/h4-7,17,21H,2-3,9-10,12-15H2,1H3;1H. The molecule has 1 unspecified atom stereocenters. The fourth-order valence-electron chi connectivity index (χ4n) is 3.33. The van der Waals surface area contributed by atoms with Crippen molar-refractivity contribution in [1.29, 1.82) is 0 Å². The zero-order valence-corrected chi connectivity index (χ0v) is 14.6. The largest absolute Gasteiger partial charge is 0.494 e. The molecule has 23 heavy (non-hydrogen) atoms. The summed E-state index contributed by atoms with van der Waals surface area (Å²) in [5, 5.41) is 10.8. The summed E-state index contributed by atoms with van der Waals surface area (Å²) in [6.07, 6.45) is 4.34. The molecule has 3 saturated heterocycles. The minimum atomic E-state index is -0.827. The number of piperidine rings is 3. The molecule has 0 spiro atoms. The fourth-order valence-corrected chi connectivity index (χ4v) is 3.33. The van der Waals surface area contributed by atoms with Crippen molar-refractivity contribution >= 4 is 12.4 Å². The Morgan fingerprint density at radius 3 is 2.52 bits per heavy atom. The quantitative estimate of drug-likeness (QED) is 0.678. The molecular weight excluding hydrogens is 310 g/mol. The Balaban J connectivity index is 0.00000192. The average Bonchev–Trinajstić information content (AvgIpc) is 2.55. The molecule has 3 fully saturated rings. The number of rotatable bonds is 4. The van der Waals surface area contributed by atoms with Crippen molar-refractivity contribution in [2.24, 2.45) is 5.92 Å². The van der Waals surface area contributed by atoms with Crippen LogP contribution in [0.4, 0.5) is 0 Å². The van der Waals surface area contributed by atoms with E-state index in [0.717, 1.165) is 56.7 Å². The predicted octanol–water partition coefficient (Wildman–Crippen LogP) is 3.10. The first kappa shape index (κ1) is 18.1. The van der Waals surface area contributed by atoms with Crippen molar-refractivity contribution < 1.29 is 9.84 Å². The Bertz CT molecular complexity index is 555. The molecule has 4 heteroatoms. The summed E-state index contributed by atoms with van der Waals surface area (Å²) >= 11 is 0. The second kappa shape index (κ2) is 8.06. The Kier molecular flexibility index (Phi) is 6.35. The van der Waals surface area contributed by atoms with Gasteiger partial charge in [-0.25, -0.2) is 0 Å². The first-order chi connectivity index (χ1) is 10.7. The molecule has 3 nitrogen and oxygen atoms in total. The van der Waals surface area contributed by atoms with Gasteiger partial charge in [0.1, 0.15) is 11.4 Å². The van der Waals surface area contributed by atoms with Crippen LogP contribution in [-0.4, -0.2) is 41.8 Å². The summed E-state index contributed by atoms with van der Waals surface area (Å²) in [6.45, 7) is 5.83. The van der Waals surface area contributed by atoms with Gasteiger partial charge in [0.25, 0.3) is 0 Å². The van der Waals surface area contributed by atoms with Gasteiger partial charge in [-0.2, -0.15) is 0 Å². The topological polar surface area (TPSA) is 32.7 Å². The summed E-state index contributed by atoms with van der Waals surface area (Å²) < 4.78 is 5.65. The number of benzene rings is 1. The zero-order chi connectivity index (χ0) is 15.4. The summed E-state index contributed by atoms with van der Waals surface area (Å²) in [7, 11) is 0. The minimum absolute atomic E-state index is 0. The molecule has 2 bridgehead atoms. The second-order valence-corrected chi connectivity index (χ2v) is 6.45. The van der Waals surface area contributed by atoms with E-state index < -0.39 is 5.60 Å². The van der Waals surface area contributed by atoms with Gasteiger partial charge in [-0.05, 0) is 56.6 Å². The van der Waals surface area contributed by atoms with Gasteiger partial charge in [0.05, 0.1) is 6.61 Å². The maximum Gasteiger partial charge on any atom is 0.141 e. The predicted molar refractivity (Wildman–Crippen MR) is 95.1 cm³/mol. The first-order valence-electron chi connectivity index (χ1n) is 8.40. The van der Waals surface area contributed by atoms with Crippen LogP contribution in [0.2, 0.25) is 0 Å². The molecule has 0 saturated carbocycles. The van der Waals surface area contributed by atoms with Gasteiger partial charge < -0.3 is 9.84 Å². The maximum absolute atomic E-state index is 10.8. The molecule has 1 atom stereocenters. The summed E-state index contributed by atoms with van der Waals surface area (Å²) in [6, 6.07) is 7.86. The van der Waals surface area contributed by atoms with Crippen molar-refractivity contribution in [3.8, 4) is 17.6 Å². The van der Waals surface area contributed by atoms with E-state index in [4.69, 9.17) is 4.74 Å². The van der Waals surface area contributed by atoms with E-state index >= 15 is 0 Å². The lowest BCUT2D eigenvalue weighted by atomic mass is 9.76. The highest BCUT2D eigenvalue weighted by Gasteiger charge is 2.44. The normalized spacial score (nSPS) is 28.4. The van der Waals surface area contributed by atoms with Crippen LogP contribution in [-0.2, 0) is 0 Å². The second-order valence-electron chi connectivity index (χ2n) is 6.45. The van der Waals surface area contributed by atoms with E-state index in [9.17, 15) is 5.11 Å². The van der Waals surface area contributed by atoms with Crippen molar-refractivity contribution in [2.45, 2.75) is 38.2 Å². The lowest BCUT2D eigenvalue weighted by molar-refractivity contribution is -0.0713. The highest BCUT2D eigenvalue weighted by atomic mass is 35.5. The summed E-state index contributed by atoms with van der Waals surface area (Å²) in [5.41, 5.74) is 0.111. The number of fused-ring (bicyclic) bond motifs is 3. The highest BCUT2D eigenvalue weighted by molar-refractivity contribution is 5.85. The molecule has 0 aromatic heterocycles. The minimum Gasteiger partial charge on any atom is -0.494 e. The van der Waals surface area contributed by atoms with Crippen LogP contribution in [0.25, 0.3) is 0 Å². The van der Waals surface area contributed by atoms with Gasteiger partial charge in [0.2, 0.25) is 0 Å². The molecule has 1 aromatic rings. The Morgan fingerprint density at radius 1 is 1.26 bits per heavy atom. The SMILES string of the molecule is CCCCOc1ccc(C#CC2(O)CN3CCC2CC3)cc1.Cl. The molecule has 1 N–H and O–H groups in total. The molecule has 0 radical (unpaired) electrons. The lowest BCUT2D eigenvalue weighted by Gasteiger charge is -2.47. The Labute approximate surface area is 145 Å². The number of hydrogen-bond donors (Lipinski definition) is 1. The lowest BCUT2D eigenvalue weighted by Crippen LogP contribution is -2.58. The zero-order valence-electron chi connectivity index (χ0n) is 13.8. The first-order valence-corrected chi connectivity index (χ1v) is 8.40. The van der Waals surface area contributed by atoms with E-state index in [1.54, 1.807) is 0 Å². The number of halogens is 1. The molecule has 4 rings (SSSR count). The van der Waals surface area contributed by atoms with Gasteiger partial charge in [0.15, 0.2) is 0 Å². The van der Waals surface area contributed by atoms with Crippen LogP contribution in [0, 0.1) is 17.8 Å². The summed E-state index contributed by atoms with van der Waals surface area (Å²) in [5.74, 6) is 7.52. The molecule has 1 aromatic carbocycles. The van der Waals surface area contributed by atoms with Crippen LogP contribution >= 0.6 is 12.4 Å². The third-order valence-corrected chi connectivity index (χ3v) is 4.77. The van der Waals surface area contributed by atoms with Crippen molar-refractivity contribution in [1.82, 2.24) is 4.90 Å².